The molecule has 0 amide bonds. The number of rotatable bonds is 11. The Morgan fingerprint density at radius 3 is 2.38 bits per heavy atom. The first-order valence-electron chi connectivity index (χ1n) is 17.2. The quantitative estimate of drug-likeness (QED) is 0.154. The van der Waals surface area contributed by atoms with Crippen LogP contribution in [0.25, 0.3) is 22.5 Å². The van der Waals surface area contributed by atoms with Gasteiger partial charge in [-0.05, 0) is 49.5 Å². The molecule has 1 spiro atoms. The average Bonchev–Trinajstić information content (AvgIpc) is 3.77. The Morgan fingerprint density at radius 2 is 1.76 bits per heavy atom. The van der Waals surface area contributed by atoms with Gasteiger partial charge in [0.2, 0.25) is 17.8 Å². The summed E-state index contributed by atoms with van der Waals surface area (Å²) in [4.78, 5) is 11.3. The number of hydrogen-bond acceptors (Lipinski definition) is 8. The number of hydrogen-bond donors (Lipinski definition) is 1. The van der Waals surface area contributed by atoms with Crippen molar-refractivity contribution in [1.29, 1.82) is 0 Å². The number of aromatic nitrogens is 6. The zero-order chi connectivity index (χ0) is 36.7. The molecule has 2 aliphatic rings. The monoisotopic (exact) mass is 720 g/mol. The van der Waals surface area contributed by atoms with Crippen LogP contribution in [0, 0.1) is 11.4 Å². The minimum atomic E-state index is -2.53. The Kier molecular flexibility index (Phi) is 12.9. The van der Waals surface area contributed by atoms with E-state index in [1.807, 2.05) is 32.0 Å². The third kappa shape index (κ3) is 9.51. The molecular formula is C36H55F3N8O2S. The molecule has 4 heterocycles. The zero-order valence-electron chi connectivity index (χ0n) is 30.9. The van der Waals surface area contributed by atoms with Crippen LogP contribution in [0.5, 0.6) is 5.75 Å². The third-order valence-electron chi connectivity index (χ3n) is 8.38. The average molecular weight is 721 g/mol. The lowest BCUT2D eigenvalue weighted by atomic mass is 9.65. The molecule has 0 bridgehead atoms. The molecule has 2 fully saturated rings. The second-order valence-corrected chi connectivity index (χ2v) is 18.2. The molecule has 3 aromatic heterocycles. The van der Waals surface area contributed by atoms with Crippen LogP contribution < -0.4 is 15.0 Å². The number of aryl methyl sites for hydroxylation is 1. The van der Waals surface area contributed by atoms with Crippen molar-refractivity contribution < 1.29 is 24.1 Å². The molecule has 10 nitrogen and oxygen atoms in total. The molecule has 1 N–H and O–H groups in total. The summed E-state index contributed by atoms with van der Waals surface area (Å²) in [5.74, 6) is 0.123. The van der Waals surface area contributed by atoms with E-state index >= 15 is 4.39 Å². The molecule has 50 heavy (non-hydrogen) atoms. The Balaban J connectivity index is 0.00000111. The van der Waals surface area contributed by atoms with Gasteiger partial charge >= 0.3 is 0 Å². The van der Waals surface area contributed by atoms with Crippen molar-refractivity contribution in [2.45, 2.75) is 66.0 Å². The van der Waals surface area contributed by atoms with Crippen LogP contribution in [0.3, 0.4) is 0 Å². The lowest BCUT2D eigenvalue weighted by Gasteiger charge is -2.44. The van der Waals surface area contributed by atoms with E-state index in [1.165, 1.54) is 24.4 Å². The second-order valence-electron chi connectivity index (χ2n) is 13.6. The minimum absolute atomic E-state index is 0. The largest absolute Gasteiger partial charge is 0.496 e. The second kappa shape index (κ2) is 16.5. The van der Waals surface area contributed by atoms with Crippen LogP contribution in [-0.2, 0) is 18.5 Å². The number of methoxy groups -OCH3 is 1. The van der Waals surface area contributed by atoms with Crippen molar-refractivity contribution in [1.82, 2.24) is 29.5 Å². The van der Waals surface area contributed by atoms with Crippen LogP contribution >= 0.6 is 10.0 Å². The summed E-state index contributed by atoms with van der Waals surface area (Å²) in [5, 5.41) is 12.0. The fraction of sp³-hybridized carbons (Fsp3) is 0.556. The molecule has 1 aliphatic heterocycles. The Hall–Kier alpha value is -3.78. The van der Waals surface area contributed by atoms with Crippen LogP contribution in [0.15, 0.2) is 42.7 Å². The Labute approximate surface area is 297 Å². The van der Waals surface area contributed by atoms with Gasteiger partial charge in [-0.3, -0.25) is 0 Å². The summed E-state index contributed by atoms with van der Waals surface area (Å²) in [7, 11) is 2.62. The smallest absolute Gasteiger partial charge is 0.249 e. The van der Waals surface area contributed by atoms with Crippen molar-refractivity contribution >= 4 is 27.5 Å². The predicted molar refractivity (Wildman–Crippen MR) is 201 cm³/mol. The SMILES string of the molecule is CC.CCC.COc1cc(Nc2nc(-c3ccc(N4CCC5(C4)CC(F)(F)C5)nc3)nn2C)ccc1-c1cnn(COCCS(C)(C)C)c1F.[HH]. The highest BCUT2D eigenvalue weighted by molar-refractivity contribution is 8.32. The normalized spacial score (nSPS) is 16.2. The zero-order valence-corrected chi connectivity index (χ0v) is 31.7. The van der Waals surface area contributed by atoms with E-state index in [9.17, 15) is 8.78 Å². The maximum atomic E-state index is 15.3. The molecule has 278 valence electrons. The Morgan fingerprint density at radius 1 is 1.04 bits per heavy atom. The maximum absolute atomic E-state index is 15.3. The first-order valence-corrected chi connectivity index (χ1v) is 20.2. The van der Waals surface area contributed by atoms with E-state index in [-0.39, 0.29) is 26.4 Å². The van der Waals surface area contributed by atoms with Crippen LogP contribution in [0.2, 0.25) is 0 Å². The molecular weight excluding hydrogens is 666 g/mol. The first-order chi connectivity index (χ1) is 23.7. The van der Waals surface area contributed by atoms with Gasteiger partial charge in [0.05, 0.1) is 25.5 Å². The fourth-order valence-corrected chi connectivity index (χ4v) is 6.63. The van der Waals surface area contributed by atoms with Gasteiger partial charge < -0.3 is 19.7 Å². The van der Waals surface area contributed by atoms with Crippen LogP contribution in [-0.4, -0.2) is 86.8 Å². The number of halogens is 3. The number of anilines is 3. The van der Waals surface area contributed by atoms with Crippen molar-refractivity contribution in [2.24, 2.45) is 12.5 Å². The van der Waals surface area contributed by atoms with E-state index in [4.69, 9.17) is 9.47 Å². The number of nitrogens with one attached hydrogen (secondary N) is 1. The van der Waals surface area contributed by atoms with E-state index in [1.54, 1.807) is 30.1 Å². The maximum Gasteiger partial charge on any atom is 0.249 e. The summed E-state index contributed by atoms with van der Waals surface area (Å²) in [6, 6.07) is 9.12. The van der Waals surface area contributed by atoms with Crippen LogP contribution in [0.1, 0.15) is 54.8 Å². The highest BCUT2D eigenvalue weighted by atomic mass is 32.3. The molecule has 0 atom stereocenters. The highest BCUT2D eigenvalue weighted by Gasteiger charge is 2.58. The van der Waals surface area contributed by atoms with Gasteiger partial charge in [-0.1, -0.05) is 34.1 Å². The summed E-state index contributed by atoms with van der Waals surface area (Å²) in [6.45, 7) is 10.2. The fourth-order valence-electron chi connectivity index (χ4n) is 6.01. The topological polar surface area (TPSA) is 95.1 Å². The molecule has 14 heteroatoms. The molecule has 6 rings (SSSR count). The molecule has 0 radical (unpaired) electrons. The van der Waals surface area contributed by atoms with Gasteiger partial charge in [-0.15, -0.1) is 5.10 Å². The predicted octanol–water partition coefficient (Wildman–Crippen LogP) is 8.61. The number of ether oxygens (including phenoxy) is 2. The van der Waals surface area contributed by atoms with E-state index in [0.29, 0.717) is 47.5 Å². The highest BCUT2D eigenvalue weighted by Crippen LogP contribution is 2.56. The number of benzene rings is 1. The van der Waals surface area contributed by atoms with E-state index in [2.05, 4.69) is 63.0 Å². The lowest BCUT2D eigenvalue weighted by Crippen LogP contribution is -2.47. The van der Waals surface area contributed by atoms with Gasteiger partial charge in [-0.2, -0.15) is 14.5 Å². The summed E-state index contributed by atoms with van der Waals surface area (Å²) < 4.78 is 56.4. The van der Waals surface area contributed by atoms with Crippen molar-refractivity contribution in [3.63, 3.8) is 0 Å². The lowest BCUT2D eigenvalue weighted by molar-refractivity contribution is -0.152. The number of pyridine rings is 1. The number of alkyl halides is 2. The van der Waals surface area contributed by atoms with Crippen molar-refractivity contribution in [3.05, 3.63) is 48.7 Å². The third-order valence-corrected chi connectivity index (χ3v) is 9.77. The van der Waals surface area contributed by atoms with Gasteiger partial charge in [0, 0.05) is 74.7 Å². The molecule has 1 saturated carbocycles. The molecule has 1 saturated heterocycles. The summed E-state index contributed by atoms with van der Waals surface area (Å²) in [5.41, 5.74) is 2.00. The van der Waals surface area contributed by atoms with Crippen molar-refractivity contribution in [2.75, 3.05) is 61.5 Å². The van der Waals surface area contributed by atoms with Gasteiger partial charge in [0.15, 0.2) is 5.82 Å². The van der Waals surface area contributed by atoms with Crippen LogP contribution in [0.4, 0.5) is 30.6 Å². The van der Waals surface area contributed by atoms with Gasteiger partial charge in [0.1, 0.15) is 18.3 Å². The number of nitrogens with zero attached hydrogens (tertiary/aromatic N) is 7. The minimum Gasteiger partial charge on any atom is -0.496 e. The summed E-state index contributed by atoms with van der Waals surface area (Å²) in [6.07, 6.45) is 11.8. The summed E-state index contributed by atoms with van der Waals surface area (Å²) >= 11 is 0. The molecule has 1 aromatic carbocycles. The van der Waals surface area contributed by atoms with E-state index in [0.717, 1.165) is 30.1 Å². The first kappa shape index (κ1) is 39.0. The standard InChI is InChI=1S/C31H39F3N8O2S.C3H8.C2H6.H2/c1-40-29(38-28(39-40)21-6-9-26(35-15-21)41-11-10-30(19-41)17-31(33,34)18-30)37-22-7-8-23(25(14-22)43-2)24-16-36-42(27(24)32)20-44-12-13-45(3,4)5;1-3-2;1-2;/h6-9,14-16H,10-13,17-20H2,1-5H3,(H,37,38,39);3H2,1-2H3;1-2H3;1H. The van der Waals surface area contributed by atoms with Crippen molar-refractivity contribution in [3.8, 4) is 28.3 Å². The molecule has 0 unspecified atom stereocenters. The molecule has 4 aromatic rings. The van der Waals surface area contributed by atoms with Gasteiger partial charge in [-0.25, -0.2) is 33.2 Å². The Bertz CT molecular complexity index is 1690. The van der Waals surface area contributed by atoms with E-state index < -0.39 is 21.9 Å². The molecule has 1 aliphatic carbocycles. The van der Waals surface area contributed by atoms with Gasteiger partial charge in [0.25, 0.3) is 0 Å².